The Bertz CT molecular complexity index is 1710. The number of ether oxygens (including phenoxy) is 5. The Kier molecular flexibility index (Phi) is 8.80. The van der Waals surface area contributed by atoms with Crippen LogP contribution < -0.4 is 34.3 Å². The van der Waals surface area contributed by atoms with Crippen LogP contribution in [0.2, 0.25) is 0 Å². The molecule has 0 aliphatic carbocycles. The van der Waals surface area contributed by atoms with E-state index in [0.29, 0.717) is 23.0 Å². The molecule has 3 aliphatic heterocycles. The van der Waals surface area contributed by atoms with Crippen molar-refractivity contribution in [1.29, 1.82) is 0 Å². The molecule has 3 amide bonds. The molecule has 15 nitrogen and oxygen atoms in total. The molecule has 0 saturated carbocycles. The van der Waals surface area contributed by atoms with Crippen LogP contribution >= 0.6 is 0 Å². The minimum atomic E-state index is -0.618. The monoisotopic (exact) mass is 629 g/mol. The number of rotatable bonds is 6. The summed E-state index contributed by atoms with van der Waals surface area (Å²) in [4.78, 5) is 40.9. The third-order valence-electron chi connectivity index (χ3n) is 7.53. The van der Waals surface area contributed by atoms with E-state index in [2.05, 4.69) is 26.2 Å². The molecule has 1 fully saturated rings. The van der Waals surface area contributed by atoms with Gasteiger partial charge in [0.25, 0.3) is 17.7 Å². The number of aromatic nitrogens is 4. The highest BCUT2D eigenvalue weighted by atomic mass is 16.5. The predicted octanol–water partition coefficient (Wildman–Crippen LogP) is 1.16. The molecule has 4 aromatic rings. The second-order valence-electron chi connectivity index (χ2n) is 10.5. The van der Waals surface area contributed by atoms with E-state index in [1.807, 2.05) is 0 Å². The van der Waals surface area contributed by atoms with E-state index in [1.165, 1.54) is 31.3 Å². The molecular weight excluding hydrogens is 598 g/mol. The molecule has 1 aromatic heterocycles. The first kappa shape index (κ1) is 30.2. The van der Waals surface area contributed by atoms with Gasteiger partial charge >= 0.3 is 0 Å². The molecule has 4 bridgehead atoms. The normalized spacial score (nSPS) is 17.9. The number of likely N-dealkylation sites (tertiary alicyclic amines) is 1. The lowest BCUT2D eigenvalue weighted by Crippen LogP contribution is -2.45. The van der Waals surface area contributed by atoms with Gasteiger partial charge in [-0.15, -0.1) is 5.10 Å². The van der Waals surface area contributed by atoms with Crippen LogP contribution in [0.4, 0.5) is 0 Å². The Morgan fingerprint density at radius 1 is 0.978 bits per heavy atom. The second kappa shape index (κ2) is 13.4. The molecule has 0 spiro atoms. The Balaban J connectivity index is 1.21. The van der Waals surface area contributed by atoms with Crippen molar-refractivity contribution in [3.63, 3.8) is 0 Å². The summed E-state index contributed by atoms with van der Waals surface area (Å²) in [7, 11) is 2.98. The van der Waals surface area contributed by atoms with Crippen LogP contribution in [0.15, 0.2) is 67.0 Å². The SMILES string of the molecule is COc1ccc2cc1OCC(=O)NCc1ccc(c(OC)c1)O[C@H]1CN(C(=O)COc3ccc(-n4cnnn4)cc3)C[C@@H]1NC2=O. The summed E-state index contributed by atoms with van der Waals surface area (Å²) in [5, 5.41) is 16.9. The average Bonchev–Trinajstić information content (AvgIpc) is 3.76. The highest BCUT2D eigenvalue weighted by Crippen LogP contribution is 2.32. The van der Waals surface area contributed by atoms with Crippen molar-refractivity contribution >= 4 is 17.7 Å². The summed E-state index contributed by atoms with van der Waals surface area (Å²) in [6, 6.07) is 16.4. The molecule has 1 saturated heterocycles. The Morgan fingerprint density at radius 2 is 1.80 bits per heavy atom. The highest BCUT2D eigenvalue weighted by Gasteiger charge is 2.38. The van der Waals surface area contributed by atoms with Gasteiger partial charge in [-0.25, -0.2) is 4.68 Å². The van der Waals surface area contributed by atoms with Gasteiger partial charge in [-0.1, -0.05) is 6.07 Å². The van der Waals surface area contributed by atoms with Crippen LogP contribution in [0.5, 0.6) is 28.7 Å². The summed E-state index contributed by atoms with van der Waals surface area (Å²) in [5.74, 6) is 0.900. The number of tetrazole rings is 1. The lowest BCUT2D eigenvalue weighted by atomic mass is 10.1. The number of carbonyl (C=O) groups excluding carboxylic acids is 3. The topological polar surface area (TPSA) is 168 Å². The summed E-state index contributed by atoms with van der Waals surface area (Å²) >= 11 is 0. The van der Waals surface area contributed by atoms with E-state index < -0.39 is 18.1 Å². The molecule has 0 radical (unpaired) electrons. The number of hydrogen-bond donors (Lipinski definition) is 2. The van der Waals surface area contributed by atoms with Gasteiger partial charge in [0.15, 0.2) is 36.2 Å². The first-order chi connectivity index (χ1) is 22.4. The van der Waals surface area contributed by atoms with Gasteiger partial charge in [-0.05, 0) is 70.6 Å². The van der Waals surface area contributed by atoms with Crippen LogP contribution in [0, 0.1) is 0 Å². The summed E-state index contributed by atoms with van der Waals surface area (Å²) in [6.45, 7) is 0.0802. The fourth-order valence-corrected chi connectivity index (χ4v) is 5.11. The van der Waals surface area contributed by atoms with Crippen LogP contribution in [0.25, 0.3) is 5.69 Å². The molecule has 0 unspecified atom stereocenters. The number of nitrogens with zero attached hydrogens (tertiary/aromatic N) is 5. The molecule has 238 valence electrons. The number of hydrogen-bond acceptors (Lipinski definition) is 11. The van der Waals surface area contributed by atoms with E-state index in [1.54, 1.807) is 59.5 Å². The van der Waals surface area contributed by atoms with E-state index in [-0.39, 0.29) is 56.0 Å². The maximum atomic E-state index is 13.5. The van der Waals surface area contributed by atoms with Gasteiger partial charge in [0.05, 0.1) is 32.5 Å². The van der Waals surface area contributed by atoms with E-state index in [0.717, 1.165) is 11.3 Å². The number of fused-ring (bicyclic) bond motifs is 7. The fraction of sp³-hybridized carbons (Fsp3) is 0.290. The first-order valence-electron chi connectivity index (χ1n) is 14.4. The first-order valence-corrected chi connectivity index (χ1v) is 14.4. The minimum absolute atomic E-state index is 0.176. The Labute approximate surface area is 263 Å². The number of nitrogens with one attached hydrogen (secondary N) is 2. The van der Waals surface area contributed by atoms with Gasteiger partial charge < -0.3 is 39.2 Å². The van der Waals surface area contributed by atoms with Crippen molar-refractivity contribution in [3.8, 4) is 34.4 Å². The number of carbonyl (C=O) groups is 3. The van der Waals surface area contributed by atoms with E-state index in [9.17, 15) is 14.4 Å². The highest BCUT2D eigenvalue weighted by molar-refractivity contribution is 5.95. The fourth-order valence-electron chi connectivity index (χ4n) is 5.11. The zero-order chi connectivity index (χ0) is 32.0. The van der Waals surface area contributed by atoms with E-state index >= 15 is 0 Å². The molecule has 2 N–H and O–H groups in total. The van der Waals surface area contributed by atoms with Crippen molar-refractivity contribution in [2.75, 3.05) is 40.5 Å². The third-order valence-corrected chi connectivity index (χ3v) is 7.53. The Morgan fingerprint density at radius 3 is 2.57 bits per heavy atom. The van der Waals surface area contributed by atoms with Crippen molar-refractivity contribution in [3.05, 3.63) is 78.1 Å². The zero-order valence-corrected chi connectivity index (χ0v) is 25.0. The second-order valence-corrected chi connectivity index (χ2v) is 10.5. The summed E-state index contributed by atoms with van der Waals surface area (Å²) in [6.07, 6.45) is 0.857. The van der Waals surface area contributed by atoms with Gasteiger partial charge in [-0.3, -0.25) is 14.4 Å². The lowest BCUT2D eigenvalue weighted by molar-refractivity contribution is -0.132. The number of amides is 3. The van der Waals surface area contributed by atoms with Crippen molar-refractivity contribution < 1.29 is 38.1 Å². The van der Waals surface area contributed by atoms with Crippen molar-refractivity contribution in [2.45, 2.75) is 18.7 Å². The molecular formula is C31H31N7O8. The molecule has 3 aromatic carbocycles. The largest absolute Gasteiger partial charge is 0.493 e. The quantitative estimate of drug-likeness (QED) is 0.314. The molecule has 7 rings (SSSR count). The molecule has 2 atom stereocenters. The van der Waals surface area contributed by atoms with Gasteiger partial charge in [0, 0.05) is 18.7 Å². The van der Waals surface area contributed by atoms with E-state index in [4.69, 9.17) is 23.7 Å². The standard InChI is InChI=1S/C31H31N7O8/c1-42-24-10-4-20-12-27(24)45-16-29(39)32-13-19-3-9-25(26(11-19)43-2)46-28-15-37(14-23(28)34-31(20)41)30(40)17-44-22-7-5-21(6-8-22)38-18-33-35-36-38/h3-12,18,23,28H,13-17H2,1-2H3,(H,32,39)(H,34,41)/t23-,28-/m0/s1. The molecule has 15 heteroatoms. The number of methoxy groups -OCH3 is 2. The number of benzene rings is 3. The van der Waals surface area contributed by atoms with Crippen LogP contribution in [-0.2, 0) is 16.1 Å². The maximum absolute atomic E-state index is 13.5. The molecule has 4 heterocycles. The smallest absolute Gasteiger partial charge is 0.260 e. The van der Waals surface area contributed by atoms with Crippen LogP contribution in [0.3, 0.4) is 0 Å². The lowest BCUT2D eigenvalue weighted by Gasteiger charge is -2.22. The maximum Gasteiger partial charge on any atom is 0.260 e. The molecule has 46 heavy (non-hydrogen) atoms. The zero-order valence-electron chi connectivity index (χ0n) is 25.0. The third kappa shape index (κ3) is 6.77. The average molecular weight is 630 g/mol. The predicted molar refractivity (Wildman–Crippen MR) is 160 cm³/mol. The summed E-state index contributed by atoms with van der Waals surface area (Å²) in [5.41, 5.74) is 1.79. The van der Waals surface area contributed by atoms with Crippen molar-refractivity contribution in [1.82, 2.24) is 35.7 Å². The minimum Gasteiger partial charge on any atom is -0.493 e. The van der Waals surface area contributed by atoms with Crippen LogP contribution in [0.1, 0.15) is 15.9 Å². The van der Waals surface area contributed by atoms with Gasteiger partial charge in [0.2, 0.25) is 0 Å². The van der Waals surface area contributed by atoms with Crippen molar-refractivity contribution in [2.24, 2.45) is 0 Å². The van der Waals surface area contributed by atoms with Gasteiger partial charge in [0.1, 0.15) is 18.2 Å². The van der Waals surface area contributed by atoms with Crippen LogP contribution in [-0.4, -0.2) is 95.5 Å². The van der Waals surface area contributed by atoms with Gasteiger partial charge in [-0.2, -0.15) is 0 Å². The molecule has 3 aliphatic rings. The summed E-state index contributed by atoms with van der Waals surface area (Å²) < 4.78 is 30.3. The Hall–Kier alpha value is -5.86.